The summed E-state index contributed by atoms with van der Waals surface area (Å²) < 4.78 is 10.8. The molecule has 3 aliphatic rings. The van der Waals surface area contributed by atoms with Crippen molar-refractivity contribution in [2.24, 2.45) is 5.84 Å². The van der Waals surface area contributed by atoms with E-state index in [0.717, 1.165) is 41.0 Å². The molecule has 128 valence electrons. The maximum Gasteiger partial charge on any atom is 0.275 e. The molecule has 3 aliphatic heterocycles. The van der Waals surface area contributed by atoms with E-state index in [2.05, 4.69) is 0 Å². The summed E-state index contributed by atoms with van der Waals surface area (Å²) in [4.78, 5) is 14.7. The van der Waals surface area contributed by atoms with Crippen molar-refractivity contribution in [3.63, 3.8) is 0 Å². The lowest BCUT2D eigenvalue weighted by molar-refractivity contribution is -0.139. The molecule has 4 rings (SSSR count). The lowest BCUT2D eigenvalue weighted by Crippen LogP contribution is -2.61. The van der Waals surface area contributed by atoms with Gasteiger partial charge in [0.2, 0.25) is 0 Å². The Labute approximate surface area is 150 Å². The largest absolute Gasteiger partial charge is 0.495 e. The van der Waals surface area contributed by atoms with Crippen molar-refractivity contribution in [2.75, 3.05) is 20.3 Å². The Hall–Kier alpha value is -1.21. The molecule has 7 heteroatoms. The third-order valence-corrected chi connectivity index (χ3v) is 6.72. The van der Waals surface area contributed by atoms with E-state index in [0.29, 0.717) is 24.0 Å². The van der Waals surface area contributed by atoms with E-state index in [-0.39, 0.29) is 11.4 Å². The second-order valence-electron chi connectivity index (χ2n) is 6.49. The van der Waals surface area contributed by atoms with Crippen molar-refractivity contribution in [3.05, 3.63) is 33.2 Å². The zero-order chi connectivity index (χ0) is 16.9. The summed E-state index contributed by atoms with van der Waals surface area (Å²) in [5.74, 6) is 6.77. The molecule has 1 aromatic rings. The minimum Gasteiger partial charge on any atom is -0.495 e. The Kier molecular flexibility index (Phi) is 4.03. The molecule has 3 heterocycles. The number of hydrazine groups is 1. The topological polar surface area (TPSA) is 64.8 Å². The van der Waals surface area contributed by atoms with Gasteiger partial charge in [0, 0.05) is 18.1 Å². The molecule has 1 fully saturated rings. The van der Waals surface area contributed by atoms with Gasteiger partial charge in [-0.1, -0.05) is 23.4 Å². The Balaban J connectivity index is 1.71. The zero-order valence-electron chi connectivity index (χ0n) is 13.4. The molecule has 1 aromatic carbocycles. The fourth-order valence-electron chi connectivity index (χ4n) is 3.77. The number of nitrogens with two attached hydrogens (primary N) is 1. The highest BCUT2D eigenvalue weighted by molar-refractivity contribution is 8.04. The van der Waals surface area contributed by atoms with Crippen LogP contribution in [0, 0.1) is 0 Å². The third-order valence-electron chi connectivity index (χ3n) is 5.16. The van der Waals surface area contributed by atoms with Crippen molar-refractivity contribution in [1.29, 1.82) is 0 Å². The van der Waals surface area contributed by atoms with Gasteiger partial charge in [-0.05, 0) is 49.0 Å². The SMILES string of the molecule is COc1cc2c(cc1Cl)CC1=C(S2)C(=O)N(N)C2(CCOCC2)C1. The minimum absolute atomic E-state index is 0.0808. The van der Waals surface area contributed by atoms with Gasteiger partial charge in [0.15, 0.2) is 0 Å². The summed E-state index contributed by atoms with van der Waals surface area (Å²) >= 11 is 7.75. The summed E-state index contributed by atoms with van der Waals surface area (Å²) in [6.45, 7) is 1.30. The molecular formula is C17H19ClN2O3S. The molecule has 0 unspecified atom stereocenters. The summed E-state index contributed by atoms with van der Waals surface area (Å²) in [5, 5.41) is 2.06. The number of carbonyl (C=O) groups excluding carboxylic acids is 1. The normalized spacial score (nSPS) is 22.5. The van der Waals surface area contributed by atoms with Gasteiger partial charge in [-0.15, -0.1) is 0 Å². The van der Waals surface area contributed by atoms with E-state index >= 15 is 0 Å². The summed E-state index contributed by atoms with van der Waals surface area (Å²) in [6.07, 6.45) is 3.12. The van der Waals surface area contributed by atoms with Crippen LogP contribution in [-0.2, 0) is 16.0 Å². The van der Waals surface area contributed by atoms with Gasteiger partial charge in [-0.2, -0.15) is 0 Å². The highest BCUT2D eigenvalue weighted by Gasteiger charge is 2.47. The average molecular weight is 367 g/mol. The van der Waals surface area contributed by atoms with E-state index in [1.54, 1.807) is 7.11 Å². The standard InChI is InChI=1S/C17H19ClN2O3S/c1-22-13-8-14-10(7-12(13)18)6-11-9-17(2-4-23-5-3-17)20(19)16(21)15(11)24-14/h7-8H,2-6,9,19H2,1H3. The number of rotatable bonds is 1. The number of thioether (sulfide) groups is 1. The quantitative estimate of drug-likeness (QED) is 0.611. The maximum atomic E-state index is 12.9. The molecule has 0 aromatic heterocycles. The van der Waals surface area contributed by atoms with Crippen LogP contribution in [0.4, 0.5) is 0 Å². The number of fused-ring (bicyclic) bond motifs is 1. The number of carbonyl (C=O) groups is 1. The van der Waals surface area contributed by atoms with Gasteiger partial charge in [-0.25, -0.2) is 5.84 Å². The lowest BCUT2D eigenvalue weighted by atomic mass is 9.78. The van der Waals surface area contributed by atoms with Gasteiger partial charge < -0.3 is 9.47 Å². The number of hydrogen-bond acceptors (Lipinski definition) is 5. The van der Waals surface area contributed by atoms with Crippen LogP contribution in [0.25, 0.3) is 0 Å². The van der Waals surface area contributed by atoms with Crippen molar-refractivity contribution in [2.45, 2.75) is 36.1 Å². The number of halogens is 1. The molecule has 1 saturated heterocycles. The van der Waals surface area contributed by atoms with Gasteiger partial charge in [0.25, 0.3) is 5.91 Å². The monoisotopic (exact) mass is 366 g/mol. The van der Waals surface area contributed by atoms with Crippen LogP contribution in [0.5, 0.6) is 5.75 Å². The number of benzene rings is 1. The summed E-state index contributed by atoms with van der Waals surface area (Å²) in [7, 11) is 1.59. The highest BCUT2D eigenvalue weighted by Crippen LogP contribution is 2.49. The predicted octanol–water partition coefficient (Wildman–Crippen LogP) is 2.91. The summed E-state index contributed by atoms with van der Waals surface area (Å²) in [6, 6.07) is 3.85. The third kappa shape index (κ3) is 2.44. The van der Waals surface area contributed by atoms with Crippen LogP contribution in [0.3, 0.4) is 0 Å². The van der Waals surface area contributed by atoms with Gasteiger partial charge >= 0.3 is 0 Å². The van der Waals surface area contributed by atoms with E-state index in [1.165, 1.54) is 22.3 Å². The first-order valence-electron chi connectivity index (χ1n) is 7.97. The van der Waals surface area contributed by atoms with Crippen molar-refractivity contribution < 1.29 is 14.3 Å². The van der Waals surface area contributed by atoms with E-state index in [9.17, 15) is 4.79 Å². The van der Waals surface area contributed by atoms with Crippen LogP contribution in [0.2, 0.25) is 5.02 Å². The van der Waals surface area contributed by atoms with E-state index in [4.69, 9.17) is 26.9 Å². The Bertz CT molecular complexity index is 744. The molecule has 5 nitrogen and oxygen atoms in total. The van der Waals surface area contributed by atoms with Crippen LogP contribution in [-0.4, -0.2) is 36.8 Å². The maximum absolute atomic E-state index is 12.9. The molecule has 2 N–H and O–H groups in total. The molecule has 0 saturated carbocycles. The first-order chi connectivity index (χ1) is 11.5. The van der Waals surface area contributed by atoms with Crippen LogP contribution in [0.15, 0.2) is 27.5 Å². The van der Waals surface area contributed by atoms with Gasteiger partial charge in [0.1, 0.15) is 5.75 Å². The number of amides is 1. The number of hydrogen-bond donors (Lipinski definition) is 1. The molecule has 0 atom stereocenters. The number of ether oxygens (including phenoxy) is 2. The minimum atomic E-state index is -0.303. The lowest BCUT2D eigenvalue weighted by Gasteiger charge is -2.48. The Morgan fingerprint density at radius 1 is 1.38 bits per heavy atom. The van der Waals surface area contributed by atoms with Crippen molar-refractivity contribution in [3.8, 4) is 5.75 Å². The zero-order valence-corrected chi connectivity index (χ0v) is 15.0. The fraction of sp³-hybridized carbons (Fsp3) is 0.471. The Morgan fingerprint density at radius 2 is 2.12 bits per heavy atom. The summed E-state index contributed by atoms with van der Waals surface area (Å²) in [5.41, 5.74) is 2.01. The van der Waals surface area contributed by atoms with E-state index < -0.39 is 0 Å². The molecule has 0 radical (unpaired) electrons. The number of nitrogens with zero attached hydrogens (tertiary/aromatic N) is 1. The predicted molar refractivity (Wildman–Crippen MR) is 93.0 cm³/mol. The van der Waals surface area contributed by atoms with E-state index in [1.807, 2.05) is 12.1 Å². The first kappa shape index (κ1) is 16.3. The van der Waals surface area contributed by atoms with Gasteiger partial charge in [-0.3, -0.25) is 9.80 Å². The molecule has 1 spiro atoms. The second-order valence-corrected chi connectivity index (χ2v) is 7.95. The van der Waals surface area contributed by atoms with Crippen LogP contribution >= 0.6 is 23.4 Å². The number of methoxy groups -OCH3 is 1. The molecule has 24 heavy (non-hydrogen) atoms. The first-order valence-corrected chi connectivity index (χ1v) is 9.17. The average Bonchev–Trinajstić information content (AvgIpc) is 2.59. The van der Waals surface area contributed by atoms with Crippen molar-refractivity contribution in [1.82, 2.24) is 5.01 Å². The van der Waals surface area contributed by atoms with Gasteiger partial charge in [0.05, 0.1) is 22.6 Å². The van der Waals surface area contributed by atoms with Crippen LogP contribution in [0.1, 0.15) is 24.8 Å². The smallest absolute Gasteiger partial charge is 0.275 e. The molecule has 1 amide bonds. The molecule has 0 aliphatic carbocycles. The second kappa shape index (κ2) is 5.95. The van der Waals surface area contributed by atoms with Crippen molar-refractivity contribution >= 4 is 29.3 Å². The fourth-order valence-corrected chi connectivity index (χ4v) is 5.16. The molecule has 0 bridgehead atoms. The molecular weight excluding hydrogens is 348 g/mol. The Morgan fingerprint density at radius 3 is 2.83 bits per heavy atom. The highest BCUT2D eigenvalue weighted by atomic mass is 35.5. The van der Waals surface area contributed by atoms with Crippen LogP contribution < -0.4 is 10.6 Å².